The molecule has 2 N–H and O–H groups in total. The molecule has 0 spiro atoms. The molecule has 0 aliphatic rings. The van der Waals surface area contributed by atoms with Crippen molar-refractivity contribution in [2.75, 3.05) is 0 Å². The molecule has 0 aliphatic heterocycles. The number of nitrogens with zero attached hydrogens (tertiary/aromatic N) is 2. The lowest BCUT2D eigenvalue weighted by Crippen LogP contribution is -2.26. The molecule has 1 aromatic heterocycles. The quantitative estimate of drug-likeness (QED) is 0.628. The Kier molecular flexibility index (Phi) is 2.05. The van der Waals surface area contributed by atoms with Gasteiger partial charge in [0.1, 0.15) is 0 Å². The van der Waals surface area contributed by atoms with Gasteiger partial charge in [0.2, 0.25) is 0 Å². The van der Waals surface area contributed by atoms with Gasteiger partial charge in [0.15, 0.2) is 10.8 Å². The summed E-state index contributed by atoms with van der Waals surface area (Å²) in [7, 11) is 0. The molecule has 0 saturated heterocycles. The van der Waals surface area contributed by atoms with E-state index in [0.717, 1.165) is 12.3 Å². The van der Waals surface area contributed by atoms with Crippen LogP contribution in [0.1, 0.15) is 5.69 Å². The van der Waals surface area contributed by atoms with Crippen LogP contribution in [0.4, 0.5) is 13.2 Å². The van der Waals surface area contributed by atoms with Crippen molar-refractivity contribution in [3.63, 3.8) is 0 Å². The molecule has 1 heterocycles. The van der Waals surface area contributed by atoms with E-state index in [-0.39, 0.29) is 0 Å². The lowest BCUT2D eigenvalue weighted by atomic mass is 10.4. The Labute approximate surface area is 71.0 Å². The summed E-state index contributed by atoms with van der Waals surface area (Å²) in [6.07, 6.45) is -3.48. The van der Waals surface area contributed by atoms with Crippen LogP contribution in [0.15, 0.2) is 12.3 Å². The second-order valence-corrected chi connectivity index (χ2v) is 2.38. The van der Waals surface area contributed by atoms with Gasteiger partial charge in [0, 0.05) is 0 Å². The molecular weight excluding hydrogens is 191 g/mol. The second-order valence-electron chi connectivity index (χ2n) is 1.96. The van der Waals surface area contributed by atoms with Crippen molar-refractivity contribution in [1.82, 2.24) is 9.78 Å². The maximum atomic E-state index is 12.1. The molecule has 0 aromatic carbocycles. The van der Waals surface area contributed by atoms with Crippen LogP contribution in [0, 0.1) is 0 Å². The van der Waals surface area contributed by atoms with Crippen LogP contribution in [0.3, 0.4) is 0 Å². The van der Waals surface area contributed by atoms with Crippen molar-refractivity contribution < 1.29 is 13.2 Å². The molecule has 3 nitrogen and oxygen atoms in total. The number of nitrogens with two attached hydrogens (primary N) is 1. The summed E-state index contributed by atoms with van der Waals surface area (Å²) in [5.41, 5.74) is 4.02. The highest BCUT2D eigenvalue weighted by Gasteiger charge is 2.35. The van der Waals surface area contributed by atoms with Crippen molar-refractivity contribution in [3.8, 4) is 0 Å². The zero-order valence-electron chi connectivity index (χ0n) is 5.67. The minimum Gasteiger partial charge on any atom is -0.374 e. The highest BCUT2D eigenvalue weighted by Crippen LogP contribution is 2.28. The van der Waals surface area contributed by atoms with Crippen LogP contribution < -0.4 is 5.73 Å². The van der Waals surface area contributed by atoms with E-state index >= 15 is 0 Å². The van der Waals surface area contributed by atoms with E-state index in [0.29, 0.717) is 4.68 Å². The zero-order chi connectivity index (χ0) is 9.35. The van der Waals surface area contributed by atoms with Crippen molar-refractivity contribution in [2.24, 2.45) is 5.73 Å². The summed E-state index contributed by atoms with van der Waals surface area (Å²) in [6.45, 7) is 0. The summed E-state index contributed by atoms with van der Waals surface area (Å²) < 4.78 is 36.7. The Bertz CT molecular complexity index is 303. The number of halogens is 3. The number of hydrogen-bond donors (Lipinski definition) is 1. The summed E-state index contributed by atoms with van der Waals surface area (Å²) in [5, 5.41) is 2.89. The van der Waals surface area contributed by atoms with Crippen molar-refractivity contribution >= 4 is 17.3 Å². The molecule has 0 unspecified atom stereocenters. The Morgan fingerprint density at radius 3 is 2.50 bits per heavy atom. The van der Waals surface area contributed by atoms with Crippen LogP contribution >= 0.6 is 12.2 Å². The first-order valence-electron chi connectivity index (χ1n) is 2.84. The topological polar surface area (TPSA) is 43.8 Å². The predicted octanol–water partition coefficient (Wildman–Crippen LogP) is 0.994. The first-order chi connectivity index (χ1) is 5.43. The Morgan fingerprint density at radius 1 is 1.58 bits per heavy atom. The number of hydrogen-bond acceptors (Lipinski definition) is 2. The fourth-order valence-corrected chi connectivity index (χ4v) is 0.839. The van der Waals surface area contributed by atoms with Gasteiger partial charge in [-0.25, -0.2) is 4.68 Å². The second kappa shape index (κ2) is 2.74. The van der Waals surface area contributed by atoms with Crippen LogP contribution in [0.25, 0.3) is 0 Å². The van der Waals surface area contributed by atoms with Gasteiger partial charge in [-0.1, -0.05) is 0 Å². The number of rotatable bonds is 0. The molecule has 0 radical (unpaired) electrons. The molecule has 1 aromatic rings. The molecule has 12 heavy (non-hydrogen) atoms. The van der Waals surface area contributed by atoms with Gasteiger partial charge in [-0.3, -0.25) is 0 Å². The van der Waals surface area contributed by atoms with Crippen molar-refractivity contribution in [2.45, 2.75) is 6.18 Å². The summed E-state index contributed by atoms with van der Waals surface area (Å²) >= 11 is 4.35. The number of aromatic nitrogens is 2. The predicted molar refractivity (Wildman–Crippen MR) is 39.4 cm³/mol. The number of alkyl halides is 3. The monoisotopic (exact) mass is 195 g/mol. The molecule has 66 valence electrons. The van der Waals surface area contributed by atoms with E-state index in [1.165, 1.54) is 0 Å². The van der Waals surface area contributed by atoms with E-state index in [2.05, 4.69) is 17.3 Å². The van der Waals surface area contributed by atoms with Crippen molar-refractivity contribution in [3.05, 3.63) is 18.0 Å². The van der Waals surface area contributed by atoms with Crippen molar-refractivity contribution in [1.29, 1.82) is 0 Å². The molecule has 0 saturated carbocycles. The lowest BCUT2D eigenvalue weighted by molar-refractivity contribution is -0.142. The minimum atomic E-state index is -4.47. The maximum absolute atomic E-state index is 12.1. The third kappa shape index (κ3) is 1.55. The van der Waals surface area contributed by atoms with Gasteiger partial charge in [-0.05, 0) is 18.3 Å². The van der Waals surface area contributed by atoms with E-state index in [4.69, 9.17) is 5.73 Å². The van der Waals surface area contributed by atoms with Gasteiger partial charge in [0.05, 0.1) is 6.20 Å². The van der Waals surface area contributed by atoms with Gasteiger partial charge in [0.25, 0.3) is 0 Å². The van der Waals surface area contributed by atoms with E-state index in [1.54, 1.807) is 0 Å². The van der Waals surface area contributed by atoms with Gasteiger partial charge in [-0.15, -0.1) is 0 Å². The highest BCUT2D eigenvalue weighted by molar-refractivity contribution is 7.80. The van der Waals surface area contributed by atoms with Crippen LogP contribution in [-0.4, -0.2) is 14.9 Å². The fourth-order valence-electron chi connectivity index (χ4n) is 0.694. The largest absolute Gasteiger partial charge is 0.433 e. The highest BCUT2D eigenvalue weighted by atomic mass is 32.1. The molecular formula is C5H4F3N3S. The average Bonchev–Trinajstić information content (AvgIpc) is 2.30. The average molecular weight is 195 g/mol. The minimum absolute atomic E-state index is 0.424. The zero-order valence-corrected chi connectivity index (χ0v) is 6.49. The fraction of sp³-hybridized carbons (Fsp3) is 0.200. The Balaban J connectivity index is 3.17. The SMILES string of the molecule is NC(=S)n1nccc1C(F)(F)F. The summed E-state index contributed by atoms with van der Waals surface area (Å²) in [6, 6.07) is 0.805. The molecule has 0 aliphatic carbocycles. The van der Waals surface area contributed by atoms with Gasteiger partial charge >= 0.3 is 6.18 Å². The first-order valence-corrected chi connectivity index (χ1v) is 3.25. The summed E-state index contributed by atoms with van der Waals surface area (Å²) in [5.74, 6) is 0. The smallest absolute Gasteiger partial charge is 0.374 e. The third-order valence-electron chi connectivity index (χ3n) is 1.14. The molecule has 1 rings (SSSR count). The van der Waals surface area contributed by atoms with Crippen LogP contribution in [0.2, 0.25) is 0 Å². The third-order valence-corrected chi connectivity index (χ3v) is 1.31. The molecule has 0 atom stereocenters. The van der Waals surface area contributed by atoms with Crippen LogP contribution in [-0.2, 0) is 6.18 Å². The Hall–Kier alpha value is -1.11. The van der Waals surface area contributed by atoms with Gasteiger partial charge in [-0.2, -0.15) is 18.3 Å². The Morgan fingerprint density at radius 2 is 2.17 bits per heavy atom. The number of thiocarbonyl (C=S) groups is 1. The van der Waals surface area contributed by atoms with E-state index in [1.807, 2.05) is 0 Å². The van der Waals surface area contributed by atoms with Gasteiger partial charge < -0.3 is 5.73 Å². The maximum Gasteiger partial charge on any atom is 0.433 e. The molecule has 0 amide bonds. The van der Waals surface area contributed by atoms with Crippen LogP contribution in [0.5, 0.6) is 0 Å². The normalized spacial score (nSPS) is 11.6. The lowest BCUT2D eigenvalue weighted by Gasteiger charge is -2.07. The van der Waals surface area contributed by atoms with E-state index in [9.17, 15) is 13.2 Å². The molecule has 0 fully saturated rings. The van der Waals surface area contributed by atoms with E-state index < -0.39 is 17.0 Å². The molecule has 7 heteroatoms. The standard InChI is InChI=1S/C5H4F3N3S/c6-5(7,8)3-1-2-10-11(3)4(9)12/h1-2H,(H2,9,12). The first kappa shape index (κ1) is 8.98. The summed E-state index contributed by atoms with van der Waals surface area (Å²) in [4.78, 5) is 0. The molecule has 0 bridgehead atoms.